The fourth-order valence-electron chi connectivity index (χ4n) is 2.37. The van der Waals surface area contributed by atoms with Crippen LogP contribution in [0.15, 0.2) is 23.8 Å². The van der Waals surface area contributed by atoms with Crippen molar-refractivity contribution in [2.45, 2.75) is 39.4 Å². The van der Waals surface area contributed by atoms with Crippen molar-refractivity contribution in [2.75, 3.05) is 13.2 Å². The van der Waals surface area contributed by atoms with Gasteiger partial charge in [0.15, 0.2) is 6.29 Å². The van der Waals surface area contributed by atoms with Gasteiger partial charge in [0.2, 0.25) is 0 Å². The SMILES string of the molecule is CC(C)C1CCC=C(C=CC2OCCO2)C1. The van der Waals surface area contributed by atoms with Crippen LogP contribution in [-0.2, 0) is 9.47 Å². The van der Waals surface area contributed by atoms with Crippen LogP contribution in [0.3, 0.4) is 0 Å². The first-order valence-corrected chi connectivity index (χ1v) is 6.36. The van der Waals surface area contributed by atoms with E-state index in [1.807, 2.05) is 6.08 Å². The predicted molar refractivity (Wildman–Crippen MR) is 65.1 cm³/mol. The Morgan fingerprint density at radius 3 is 2.75 bits per heavy atom. The molecule has 0 aromatic heterocycles. The van der Waals surface area contributed by atoms with Gasteiger partial charge < -0.3 is 9.47 Å². The molecule has 1 aliphatic carbocycles. The van der Waals surface area contributed by atoms with Crippen molar-refractivity contribution < 1.29 is 9.47 Å². The highest BCUT2D eigenvalue weighted by Gasteiger charge is 2.18. The van der Waals surface area contributed by atoms with Crippen molar-refractivity contribution in [3.8, 4) is 0 Å². The van der Waals surface area contributed by atoms with Crippen LogP contribution in [0.5, 0.6) is 0 Å². The quantitative estimate of drug-likeness (QED) is 0.729. The molecule has 1 heterocycles. The highest BCUT2D eigenvalue weighted by Crippen LogP contribution is 2.30. The van der Waals surface area contributed by atoms with Crippen molar-refractivity contribution >= 4 is 0 Å². The summed E-state index contributed by atoms with van der Waals surface area (Å²) >= 11 is 0. The van der Waals surface area contributed by atoms with Crippen LogP contribution >= 0.6 is 0 Å². The Hall–Kier alpha value is -0.600. The van der Waals surface area contributed by atoms with Gasteiger partial charge in [-0.05, 0) is 37.2 Å². The molecule has 1 unspecified atom stereocenters. The second-order valence-corrected chi connectivity index (χ2v) is 5.03. The summed E-state index contributed by atoms with van der Waals surface area (Å²) in [6, 6.07) is 0. The molecule has 2 nitrogen and oxygen atoms in total. The maximum absolute atomic E-state index is 5.38. The monoisotopic (exact) mass is 222 g/mol. The molecule has 0 aromatic carbocycles. The second-order valence-electron chi connectivity index (χ2n) is 5.03. The van der Waals surface area contributed by atoms with Gasteiger partial charge in [-0.25, -0.2) is 0 Å². The standard InChI is InChI=1S/C14H22O2/c1-11(2)13-5-3-4-12(10-13)6-7-14-15-8-9-16-14/h4,6-7,11,13-14H,3,5,8-10H2,1-2H3. The van der Waals surface area contributed by atoms with Gasteiger partial charge in [0.1, 0.15) is 0 Å². The Kier molecular flexibility index (Phi) is 4.19. The Labute approximate surface area is 98.3 Å². The lowest BCUT2D eigenvalue weighted by atomic mass is 9.81. The summed E-state index contributed by atoms with van der Waals surface area (Å²) in [4.78, 5) is 0. The molecule has 1 fully saturated rings. The molecule has 1 aliphatic heterocycles. The molecule has 0 bridgehead atoms. The van der Waals surface area contributed by atoms with Gasteiger partial charge in [-0.1, -0.05) is 31.6 Å². The molecule has 16 heavy (non-hydrogen) atoms. The van der Waals surface area contributed by atoms with Crippen LogP contribution in [0, 0.1) is 11.8 Å². The van der Waals surface area contributed by atoms with Crippen LogP contribution in [0.2, 0.25) is 0 Å². The Morgan fingerprint density at radius 2 is 2.06 bits per heavy atom. The van der Waals surface area contributed by atoms with Crippen molar-refractivity contribution in [3.63, 3.8) is 0 Å². The molecule has 0 radical (unpaired) electrons. The zero-order chi connectivity index (χ0) is 11.4. The van der Waals surface area contributed by atoms with E-state index in [0.717, 1.165) is 25.0 Å². The zero-order valence-electron chi connectivity index (χ0n) is 10.3. The molecule has 2 rings (SSSR count). The van der Waals surface area contributed by atoms with E-state index < -0.39 is 0 Å². The molecule has 1 saturated heterocycles. The fraction of sp³-hybridized carbons (Fsp3) is 0.714. The molecule has 0 saturated carbocycles. The first-order valence-electron chi connectivity index (χ1n) is 6.36. The largest absolute Gasteiger partial charge is 0.347 e. The smallest absolute Gasteiger partial charge is 0.177 e. The van der Waals surface area contributed by atoms with Gasteiger partial charge >= 0.3 is 0 Å². The summed E-state index contributed by atoms with van der Waals surface area (Å²) in [5.41, 5.74) is 1.45. The lowest BCUT2D eigenvalue weighted by molar-refractivity contribution is -0.00159. The number of hydrogen-bond acceptors (Lipinski definition) is 2. The van der Waals surface area contributed by atoms with Gasteiger partial charge in [0.25, 0.3) is 0 Å². The van der Waals surface area contributed by atoms with E-state index in [1.54, 1.807) is 0 Å². The first-order chi connectivity index (χ1) is 7.75. The van der Waals surface area contributed by atoms with E-state index in [1.165, 1.54) is 24.8 Å². The van der Waals surface area contributed by atoms with E-state index >= 15 is 0 Å². The molecule has 2 heteroatoms. The zero-order valence-corrected chi connectivity index (χ0v) is 10.3. The molecule has 0 amide bonds. The van der Waals surface area contributed by atoms with Gasteiger partial charge in [-0.2, -0.15) is 0 Å². The van der Waals surface area contributed by atoms with Crippen molar-refractivity contribution in [1.29, 1.82) is 0 Å². The average molecular weight is 222 g/mol. The van der Waals surface area contributed by atoms with E-state index in [0.29, 0.717) is 0 Å². The first kappa shape index (κ1) is 11.9. The molecule has 90 valence electrons. The van der Waals surface area contributed by atoms with E-state index in [-0.39, 0.29) is 6.29 Å². The summed E-state index contributed by atoms with van der Waals surface area (Å²) in [7, 11) is 0. The summed E-state index contributed by atoms with van der Waals surface area (Å²) in [5, 5.41) is 0. The lowest BCUT2D eigenvalue weighted by Gasteiger charge is -2.24. The highest BCUT2D eigenvalue weighted by molar-refractivity contribution is 5.21. The molecule has 2 aliphatic rings. The molecule has 0 spiro atoms. The van der Waals surface area contributed by atoms with Crippen LogP contribution in [0.1, 0.15) is 33.1 Å². The minimum atomic E-state index is -0.111. The van der Waals surface area contributed by atoms with Crippen LogP contribution in [0.25, 0.3) is 0 Å². The fourth-order valence-corrected chi connectivity index (χ4v) is 2.37. The third-order valence-corrected chi connectivity index (χ3v) is 3.50. The third-order valence-electron chi connectivity index (χ3n) is 3.50. The second kappa shape index (κ2) is 5.65. The summed E-state index contributed by atoms with van der Waals surface area (Å²) in [6.45, 7) is 6.09. The maximum atomic E-state index is 5.38. The van der Waals surface area contributed by atoms with E-state index in [9.17, 15) is 0 Å². The van der Waals surface area contributed by atoms with Gasteiger partial charge in [0.05, 0.1) is 13.2 Å². The Morgan fingerprint density at radius 1 is 1.31 bits per heavy atom. The van der Waals surface area contributed by atoms with Gasteiger partial charge in [-0.3, -0.25) is 0 Å². The van der Waals surface area contributed by atoms with E-state index in [2.05, 4.69) is 26.0 Å². The van der Waals surface area contributed by atoms with E-state index in [4.69, 9.17) is 9.47 Å². The average Bonchev–Trinajstić information content (AvgIpc) is 2.79. The predicted octanol–water partition coefficient (Wildman–Crippen LogP) is 3.30. The van der Waals surface area contributed by atoms with Crippen LogP contribution in [0.4, 0.5) is 0 Å². The topological polar surface area (TPSA) is 18.5 Å². The summed E-state index contributed by atoms with van der Waals surface area (Å²) in [6.07, 6.45) is 10.2. The molecule has 1 atom stereocenters. The minimum absolute atomic E-state index is 0.111. The molecule has 0 N–H and O–H groups in total. The van der Waals surface area contributed by atoms with Crippen LogP contribution in [-0.4, -0.2) is 19.5 Å². The Balaban J connectivity index is 1.87. The van der Waals surface area contributed by atoms with Crippen molar-refractivity contribution in [2.24, 2.45) is 11.8 Å². The molecule has 0 aromatic rings. The normalized spacial score (nSPS) is 27.9. The number of ether oxygens (including phenoxy) is 2. The van der Waals surface area contributed by atoms with Gasteiger partial charge in [0, 0.05) is 0 Å². The maximum Gasteiger partial charge on any atom is 0.177 e. The van der Waals surface area contributed by atoms with Gasteiger partial charge in [-0.15, -0.1) is 0 Å². The number of hydrogen-bond donors (Lipinski definition) is 0. The third kappa shape index (κ3) is 3.19. The highest BCUT2D eigenvalue weighted by atomic mass is 16.7. The number of allylic oxidation sites excluding steroid dienone is 3. The number of rotatable bonds is 3. The van der Waals surface area contributed by atoms with Crippen molar-refractivity contribution in [1.82, 2.24) is 0 Å². The van der Waals surface area contributed by atoms with Crippen molar-refractivity contribution in [3.05, 3.63) is 23.8 Å². The molecular weight excluding hydrogens is 200 g/mol. The Bertz CT molecular complexity index is 272. The lowest BCUT2D eigenvalue weighted by Crippen LogP contribution is -2.12. The summed E-state index contributed by atoms with van der Waals surface area (Å²) < 4.78 is 10.8. The minimum Gasteiger partial charge on any atom is -0.347 e. The molecular formula is C14H22O2. The summed E-state index contributed by atoms with van der Waals surface area (Å²) in [5.74, 6) is 1.63. The van der Waals surface area contributed by atoms with Crippen LogP contribution < -0.4 is 0 Å².